The first-order valence-electron chi connectivity index (χ1n) is 26.0. The first-order chi connectivity index (χ1) is 38.5. The summed E-state index contributed by atoms with van der Waals surface area (Å²) >= 11 is 0. The Bertz CT molecular complexity index is 2320. The Morgan fingerprint density at radius 3 is 1.14 bits per heavy atom. The lowest BCUT2D eigenvalue weighted by Crippen LogP contribution is -2.53. The van der Waals surface area contributed by atoms with E-state index in [1.54, 1.807) is 9.80 Å². The Hall–Kier alpha value is -9.16. The zero-order valence-corrected chi connectivity index (χ0v) is 44.3. The maximum Gasteiger partial charge on any atom is 0.326 e. The van der Waals surface area contributed by atoms with Crippen LogP contribution in [0.25, 0.3) is 10.4 Å². The molecule has 81 heavy (non-hydrogen) atoms. The fourth-order valence-electron chi connectivity index (χ4n) is 8.36. The molecule has 1 aromatic rings. The van der Waals surface area contributed by atoms with E-state index in [9.17, 15) is 82.8 Å². The predicted octanol–water partition coefficient (Wildman–Crippen LogP) is 0.476. The molecule has 446 valence electrons. The molecule has 0 aromatic heterocycles. The van der Waals surface area contributed by atoms with Gasteiger partial charge in [0, 0.05) is 113 Å². The lowest BCUT2D eigenvalue weighted by molar-refractivity contribution is -0.142. The number of nitrogens with zero attached hydrogens (tertiary/aromatic N) is 7. The number of carbonyl (C=O) groups excluding carboxylic acids is 7. The van der Waals surface area contributed by atoms with Crippen LogP contribution in [0.2, 0.25) is 0 Å². The number of unbranched alkanes of at least 4 members (excludes halogenated alkanes) is 2. The topological polar surface area (TPSA) is 489 Å². The zero-order chi connectivity index (χ0) is 60.0. The fourth-order valence-corrected chi connectivity index (χ4v) is 8.36. The molecule has 0 unspecified atom stereocenters. The number of aliphatic carboxylic acids is 6. The van der Waals surface area contributed by atoms with Crippen molar-refractivity contribution in [3.05, 3.63) is 40.3 Å². The van der Waals surface area contributed by atoms with Gasteiger partial charge in [-0.25, -0.2) is 38.4 Å². The van der Waals surface area contributed by atoms with Crippen LogP contribution >= 0.6 is 0 Å². The third-order valence-electron chi connectivity index (χ3n) is 13.0. The third kappa shape index (κ3) is 25.0. The van der Waals surface area contributed by atoms with Gasteiger partial charge in [0.05, 0.1) is 0 Å². The number of amides is 11. The predicted molar refractivity (Wildman–Crippen MR) is 279 cm³/mol. The van der Waals surface area contributed by atoms with E-state index in [1.165, 1.54) is 34.1 Å². The number of piperazine rings is 2. The molecule has 33 nitrogen and oxygen atoms in total. The number of benzene rings is 1. The Morgan fingerprint density at radius 2 is 0.802 bits per heavy atom. The summed E-state index contributed by atoms with van der Waals surface area (Å²) in [5, 5.41) is 75.5. The van der Waals surface area contributed by atoms with Crippen LogP contribution in [0.3, 0.4) is 0 Å². The van der Waals surface area contributed by atoms with Crippen LogP contribution in [0.5, 0.6) is 0 Å². The van der Waals surface area contributed by atoms with Gasteiger partial charge in [-0.15, -0.1) is 0 Å². The van der Waals surface area contributed by atoms with Crippen LogP contribution in [0.4, 0.5) is 24.9 Å². The van der Waals surface area contributed by atoms with E-state index in [2.05, 4.69) is 47.2 Å². The Morgan fingerprint density at radius 1 is 0.457 bits per heavy atom. The quantitative estimate of drug-likeness (QED) is 0.0197. The first-order valence-corrected chi connectivity index (χ1v) is 26.0. The summed E-state index contributed by atoms with van der Waals surface area (Å²) in [4.78, 5) is 167. The summed E-state index contributed by atoms with van der Waals surface area (Å²) in [7, 11) is 0. The number of hydrogen-bond donors (Lipinski definition) is 13. The van der Waals surface area contributed by atoms with Crippen molar-refractivity contribution in [2.24, 2.45) is 5.11 Å². The van der Waals surface area contributed by atoms with Crippen molar-refractivity contribution in [2.45, 2.75) is 120 Å². The number of carbonyl (C=O) groups is 13. The second kappa shape index (κ2) is 34.7. The molecule has 2 aliphatic rings. The molecular weight excluding hydrogens is 1080 g/mol. The van der Waals surface area contributed by atoms with Crippen LogP contribution < -0.4 is 37.2 Å². The Kier molecular flexibility index (Phi) is 28.3. The minimum atomic E-state index is -1.55. The van der Waals surface area contributed by atoms with Gasteiger partial charge < -0.3 is 87.5 Å². The number of rotatable bonds is 33. The molecule has 0 saturated carbocycles. The average Bonchev–Trinajstić information content (AvgIpc) is 3.42. The molecule has 0 spiro atoms. The highest BCUT2D eigenvalue weighted by atomic mass is 16.4. The SMILES string of the molecule is [N-]=[N+]=Nc1ccc(C(=O)NC(CCC(=O)N2CCN(C(=O)NCCCC[C@H](NC(=O)N[C@@H](CCC(=O)O)C(=O)O)C(=O)O)CC2)CCC(=O)N2CCN(C(=O)NCCCC[C@H](NC(=O)N[C@@H](CCC(=O)O)C(=O)O)C(=O)O)CC2)cc1. The van der Waals surface area contributed by atoms with Crippen molar-refractivity contribution >= 4 is 83.3 Å². The normalized spacial score (nSPS) is 14.6. The van der Waals surface area contributed by atoms with Crippen LogP contribution in [0, 0.1) is 0 Å². The van der Waals surface area contributed by atoms with Gasteiger partial charge in [0.2, 0.25) is 11.8 Å². The number of carboxylic acids is 6. The van der Waals surface area contributed by atoms with Crippen molar-refractivity contribution in [2.75, 3.05) is 65.4 Å². The average molecular weight is 1150 g/mol. The molecular formula is C48H70N14O19. The van der Waals surface area contributed by atoms with Gasteiger partial charge >= 0.3 is 59.9 Å². The van der Waals surface area contributed by atoms with E-state index < -0.39 is 122 Å². The second-order valence-electron chi connectivity index (χ2n) is 18.8. The number of carboxylic acid groups (broad SMARTS) is 6. The van der Waals surface area contributed by atoms with E-state index in [1.807, 2.05) is 0 Å². The lowest BCUT2D eigenvalue weighted by Gasteiger charge is -2.35. The molecule has 33 heteroatoms. The monoisotopic (exact) mass is 1150 g/mol. The highest BCUT2D eigenvalue weighted by molar-refractivity contribution is 5.95. The van der Waals surface area contributed by atoms with Gasteiger partial charge in [-0.3, -0.25) is 24.0 Å². The molecule has 2 fully saturated rings. The molecule has 4 atom stereocenters. The maximum atomic E-state index is 13.5. The minimum absolute atomic E-state index is 0.0194. The van der Waals surface area contributed by atoms with Crippen LogP contribution in [0.1, 0.15) is 100 Å². The largest absolute Gasteiger partial charge is 0.481 e. The van der Waals surface area contributed by atoms with Crippen molar-refractivity contribution in [3.8, 4) is 0 Å². The van der Waals surface area contributed by atoms with Gasteiger partial charge in [0.25, 0.3) is 5.91 Å². The molecule has 0 radical (unpaired) electrons. The maximum absolute atomic E-state index is 13.5. The van der Waals surface area contributed by atoms with Gasteiger partial charge in [-0.05, 0) is 81.9 Å². The third-order valence-corrected chi connectivity index (χ3v) is 13.0. The standard InChI is InChI=1S/C48H70N14O19/c49-58-57-31-9-7-29(8-10-31)40(69)52-30(11-15-36(63)59-21-25-61(26-22-59)47(80)50-19-3-1-5-32(41(70)71)53-45(78)55-34(43(74)75)13-17-38(65)66)12-16-37(64)60-23-27-62(28-24-60)48(81)51-20-4-2-6-33(42(72)73)54-46(79)56-35(44(76)77)14-18-39(67)68/h7-10,30,32-35H,1-6,11-28H2,(H,50,80)(H,51,81)(H,52,69)(H,65,66)(H,67,68)(H,70,71)(H,72,73)(H,74,75)(H,76,77)(H2,53,55,78)(H2,54,56,79)/t32-,33-,34-,35-/m0/s1. The van der Waals surface area contributed by atoms with Gasteiger partial charge in [0.15, 0.2) is 0 Å². The molecule has 2 aliphatic heterocycles. The van der Waals surface area contributed by atoms with E-state index >= 15 is 0 Å². The number of urea groups is 4. The molecule has 2 saturated heterocycles. The molecule has 0 aliphatic carbocycles. The number of nitrogens with one attached hydrogen (secondary N) is 7. The smallest absolute Gasteiger partial charge is 0.326 e. The summed E-state index contributed by atoms with van der Waals surface area (Å²) in [6.07, 6.45) is -0.686. The molecule has 2 heterocycles. The lowest BCUT2D eigenvalue weighted by atomic mass is 10.0. The summed E-state index contributed by atoms with van der Waals surface area (Å²) in [5.74, 6) is -9.33. The van der Waals surface area contributed by atoms with E-state index in [-0.39, 0.29) is 140 Å². The second-order valence-corrected chi connectivity index (χ2v) is 18.8. The van der Waals surface area contributed by atoms with E-state index in [0.717, 1.165) is 0 Å². The van der Waals surface area contributed by atoms with Crippen LogP contribution in [-0.2, 0) is 38.4 Å². The summed E-state index contributed by atoms with van der Waals surface area (Å²) in [6.45, 7) is 1.83. The first kappa shape index (κ1) is 66.1. The zero-order valence-electron chi connectivity index (χ0n) is 44.3. The van der Waals surface area contributed by atoms with Crippen molar-refractivity contribution in [1.29, 1.82) is 0 Å². The molecule has 11 amide bonds. The number of azide groups is 1. The Balaban J connectivity index is 1.44. The summed E-state index contributed by atoms with van der Waals surface area (Å²) in [5.41, 5.74) is 9.26. The molecule has 0 bridgehead atoms. The molecule has 1 aromatic carbocycles. The highest BCUT2D eigenvalue weighted by Gasteiger charge is 2.30. The van der Waals surface area contributed by atoms with Crippen molar-refractivity contribution in [3.63, 3.8) is 0 Å². The van der Waals surface area contributed by atoms with Gasteiger partial charge in [-0.1, -0.05) is 17.2 Å². The van der Waals surface area contributed by atoms with Crippen LogP contribution in [-0.4, -0.2) is 224 Å². The summed E-state index contributed by atoms with van der Waals surface area (Å²) < 4.78 is 0. The fraction of sp³-hybridized carbons (Fsp3) is 0.604. The van der Waals surface area contributed by atoms with Crippen molar-refractivity contribution < 1.29 is 93.0 Å². The Labute approximate surface area is 463 Å². The van der Waals surface area contributed by atoms with Crippen molar-refractivity contribution in [1.82, 2.24) is 56.8 Å². The molecule has 3 rings (SSSR count). The minimum Gasteiger partial charge on any atom is -0.481 e. The highest BCUT2D eigenvalue weighted by Crippen LogP contribution is 2.17. The van der Waals surface area contributed by atoms with Gasteiger partial charge in [-0.2, -0.15) is 0 Å². The number of hydrogen-bond acceptors (Lipinski definition) is 14. The summed E-state index contributed by atoms with van der Waals surface area (Å²) in [6, 6.07) is -3.80. The van der Waals surface area contributed by atoms with Crippen LogP contribution in [0.15, 0.2) is 29.4 Å². The van der Waals surface area contributed by atoms with E-state index in [4.69, 9.17) is 15.7 Å². The van der Waals surface area contributed by atoms with Gasteiger partial charge in [0.1, 0.15) is 24.2 Å². The molecule has 13 N–H and O–H groups in total. The van der Waals surface area contributed by atoms with E-state index in [0.29, 0.717) is 12.8 Å².